The van der Waals surface area contributed by atoms with Crippen molar-refractivity contribution in [2.75, 3.05) is 13.1 Å². The van der Waals surface area contributed by atoms with Gasteiger partial charge in [-0.3, -0.25) is 4.90 Å². The molecular formula is C13H18BrClN2. The van der Waals surface area contributed by atoms with Crippen LogP contribution in [0.5, 0.6) is 0 Å². The first-order chi connectivity index (χ1) is 8.20. The number of piperidine rings is 1. The van der Waals surface area contributed by atoms with Gasteiger partial charge in [-0.1, -0.05) is 40.0 Å². The maximum absolute atomic E-state index is 5.95. The highest BCUT2D eigenvalue weighted by molar-refractivity contribution is 9.10. The van der Waals surface area contributed by atoms with Crippen LogP contribution in [-0.2, 0) is 6.54 Å². The molecule has 94 valence electrons. The molecule has 0 amide bonds. The van der Waals surface area contributed by atoms with Crippen molar-refractivity contribution in [3.8, 4) is 0 Å². The average molecular weight is 318 g/mol. The van der Waals surface area contributed by atoms with Gasteiger partial charge < -0.3 is 5.73 Å². The van der Waals surface area contributed by atoms with Gasteiger partial charge in [-0.15, -0.1) is 0 Å². The zero-order valence-corrected chi connectivity index (χ0v) is 12.2. The molecule has 0 radical (unpaired) electrons. The second-order valence-electron chi connectivity index (χ2n) is 4.59. The molecule has 1 unspecified atom stereocenters. The summed E-state index contributed by atoms with van der Waals surface area (Å²) in [6, 6.07) is 6.53. The molecule has 1 atom stereocenters. The van der Waals surface area contributed by atoms with Gasteiger partial charge in [-0.05, 0) is 37.1 Å². The van der Waals surface area contributed by atoms with Crippen LogP contribution in [0.4, 0.5) is 0 Å². The molecular weight excluding hydrogens is 300 g/mol. The van der Waals surface area contributed by atoms with E-state index in [9.17, 15) is 0 Å². The van der Waals surface area contributed by atoms with E-state index in [4.69, 9.17) is 17.3 Å². The molecule has 1 saturated heterocycles. The van der Waals surface area contributed by atoms with E-state index < -0.39 is 0 Å². The second kappa shape index (κ2) is 6.19. The Morgan fingerprint density at radius 3 is 2.94 bits per heavy atom. The van der Waals surface area contributed by atoms with Gasteiger partial charge in [0.05, 0.1) is 0 Å². The molecule has 2 N–H and O–H groups in total. The van der Waals surface area contributed by atoms with Gasteiger partial charge in [0.1, 0.15) is 0 Å². The number of likely N-dealkylation sites (tertiary alicyclic amines) is 1. The van der Waals surface area contributed by atoms with Crippen molar-refractivity contribution in [1.82, 2.24) is 4.90 Å². The minimum Gasteiger partial charge on any atom is -0.329 e. The van der Waals surface area contributed by atoms with E-state index in [-0.39, 0.29) is 0 Å². The van der Waals surface area contributed by atoms with Gasteiger partial charge in [0.15, 0.2) is 0 Å². The predicted octanol–water partition coefficient (Wildman–Crippen LogP) is 3.42. The van der Waals surface area contributed by atoms with E-state index in [2.05, 4.69) is 26.9 Å². The maximum atomic E-state index is 5.95. The number of hydrogen-bond donors (Lipinski definition) is 1. The van der Waals surface area contributed by atoms with Gasteiger partial charge in [-0.25, -0.2) is 0 Å². The van der Waals surface area contributed by atoms with E-state index in [1.165, 1.54) is 24.8 Å². The third kappa shape index (κ3) is 3.44. The molecule has 1 aromatic rings. The van der Waals surface area contributed by atoms with Gasteiger partial charge in [0.25, 0.3) is 0 Å². The van der Waals surface area contributed by atoms with Crippen LogP contribution in [0, 0.1) is 0 Å². The van der Waals surface area contributed by atoms with E-state index in [0.717, 1.165) is 29.1 Å². The second-order valence-corrected chi connectivity index (χ2v) is 5.88. The van der Waals surface area contributed by atoms with Crippen molar-refractivity contribution in [2.45, 2.75) is 31.8 Å². The molecule has 1 aliphatic rings. The quantitative estimate of drug-likeness (QED) is 0.925. The van der Waals surface area contributed by atoms with E-state index in [0.29, 0.717) is 6.04 Å². The monoisotopic (exact) mass is 316 g/mol. The zero-order chi connectivity index (χ0) is 12.3. The molecule has 1 aromatic carbocycles. The molecule has 0 aromatic heterocycles. The minimum absolute atomic E-state index is 0.534. The highest BCUT2D eigenvalue weighted by Gasteiger charge is 2.21. The summed E-state index contributed by atoms with van der Waals surface area (Å²) >= 11 is 9.53. The molecule has 0 aliphatic carbocycles. The smallest absolute Gasteiger partial charge is 0.0417 e. The Hall–Kier alpha value is -0.0900. The molecule has 0 bridgehead atoms. The molecule has 4 heteroatoms. The standard InChI is InChI=1S/C13H18BrClN2/c14-13-7-11(15)5-4-10(13)9-17-6-2-1-3-12(17)8-16/h4-5,7,12H,1-3,6,8-9,16H2. The Morgan fingerprint density at radius 2 is 2.24 bits per heavy atom. The first kappa shape index (κ1) is 13.3. The summed E-state index contributed by atoms with van der Waals surface area (Å²) in [5.74, 6) is 0. The summed E-state index contributed by atoms with van der Waals surface area (Å²) in [5.41, 5.74) is 7.12. The molecule has 0 saturated carbocycles. The first-order valence-electron chi connectivity index (χ1n) is 6.08. The summed E-state index contributed by atoms with van der Waals surface area (Å²) in [5, 5.41) is 0.773. The van der Waals surface area contributed by atoms with Gasteiger partial charge in [-0.2, -0.15) is 0 Å². The van der Waals surface area contributed by atoms with E-state index in [1.54, 1.807) is 0 Å². The summed E-state index contributed by atoms with van der Waals surface area (Å²) < 4.78 is 1.09. The fourth-order valence-electron chi connectivity index (χ4n) is 2.40. The summed E-state index contributed by atoms with van der Waals surface area (Å²) in [7, 11) is 0. The van der Waals surface area contributed by atoms with Crippen LogP contribution >= 0.6 is 27.5 Å². The third-order valence-electron chi connectivity index (χ3n) is 3.41. The molecule has 2 nitrogen and oxygen atoms in total. The van der Waals surface area contributed by atoms with Crippen LogP contribution in [0.2, 0.25) is 5.02 Å². The Kier molecular flexibility index (Phi) is 4.86. The van der Waals surface area contributed by atoms with Gasteiger partial charge in [0.2, 0.25) is 0 Å². The Morgan fingerprint density at radius 1 is 1.41 bits per heavy atom. The van der Waals surface area contributed by atoms with Crippen LogP contribution in [0.3, 0.4) is 0 Å². The number of hydrogen-bond acceptors (Lipinski definition) is 2. The number of benzene rings is 1. The summed E-state index contributed by atoms with van der Waals surface area (Å²) in [6.45, 7) is 2.86. The normalized spacial score (nSPS) is 21.7. The first-order valence-corrected chi connectivity index (χ1v) is 7.26. The number of nitrogens with two attached hydrogens (primary N) is 1. The average Bonchev–Trinajstić information content (AvgIpc) is 2.33. The van der Waals surface area contributed by atoms with Crippen LogP contribution in [0.1, 0.15) is 24.8 Å². The molecule has 17 heavy (non-hydrogen) atoms. The highest BCUT2D eigenvalue weighted by atomic mass is 79.9. The minimum atomic E-state index is 0.534. The SMILES string of the molecule is NCC1CCCCN1Cc1ccc(Cl)cc1Br. The number of nitrogens with zero attached hydrogens (tertiary/aromatic N) is 1. The zero-order valence-electron chi connectivity index (χ0n) is 9.83. The predicted molar refractivity (Wildman–Crippen MR) is 76.3 cm³/mol. The van der Waals surface area contributed by atoms with E-state index in [1.807, 2.05) is 12.1 Å². The Bertz CT molecular complexity index is 384. The largest absolute Gasteiger partial charge is 0.329 e. The lowest BCUT2D eigenvalue weighted by Gasteiger charge is -2.35. The van der Waals surface area contributed by atoms with Crippen molar-refractivity contribution >= 4 is 27.5 Å². The Labute approximate surface area is 116 Å². The van der Waals surface area contributed by atoms with Crippen LogP contribution < -0.4 is 5.73 Å². The van der Waals surface area contributed by atoms with Crippen molar-refractivity contribution < 1.29 is 0 Å². The van der Waals surface area contributed by atoms with Crippen molar-refractivity contribution in [3.63, 3.8) is 0 Å². The van der Waals surface area contributed by atoms with Crippen LogP contribution in [-0.4, -0.2) is 24.0 Å². The molecule has 1 heterocycles. The lowest BCUT2D eigenvalue weighted by Crippen LogP contribution is -2.43. The maximum Gasteiger partial charge on any atom is 0.0417 e. The fraction of sp³-hybridized carbons (Fsp3) is 0.538. The van der Waals surface area contributed by atoms with Crippen molar-refractivity contribution in [2.24, 2.45) is 5.73 Å². The molecule has 1 aliphatic heterocycles. The molecule has 2 rings (SSSR count). The number of halogens is 2. The lowest BCUT2D eigenvalue weighted by molar-refractivity contribution is 0.144. The van der Waals surface area contributed by atoms with Crippen molar-refractivity contribution in [3.05, 3.63) is 33.3 Å². The number of rotatable bonds is 3. The van der Waals surface area contributed by atoms with Gasteiger partial charge in [0, 0.05) is 28.6 Å². The van der Waals surface area contributed by atoms with Crippen molar-refractivity contribution in [1.29, 1.82) is 0 Å². The topological polar surface area (TPSA) is 29.3 Å². The molecule has 1 fully saturated rings. The fourth-order valence-corrected chi connectivity index (χ4v) is 3.21. The van der Waals surface area contributed by atoms with Crippen LogP contribution in [0.15, 0.2) is 22.7 Å². The summed E-state index contributed by atoms with van der Waals surface area (Å²) in [6.07, 6.45) is 3.81. The summed E-state index contributed by atoms with van der Waals surface area (Å²) in [4.78, 5) is 2.48. The lowest BCUT2D eigenvalue weighted by atomic mass is 10.0. The highest BCUT2D eigenvalue weighted by Crippen LogP contribution is 2.25. The van der Waals surface area contributed by atoms with E-state index >= 15 is 0 Å². The van der Waals surface area contributed by atoms with Crippen LogP contribution in [0.25, 0.3) is 0 Å². The Balaban J connectivity index is 2.08. The van der Waals surface area contributed by atoms with Gasteiger partial charge >= 0.3 is 0 Å². The molecule has 0 spiro atoms. The third-order valence-corrected chi connectivity index (χ3v) is 4.38.